The average Bonchev–Trinajstić information content (AvgIpc) is 3.11. The van der Waals surface area contributed by atoms with E-state index < -0.39 is 5.60 Å². The van der Waals surface area contributed by atoms with Crippen molar-refractivity contribution < 1.29 is 5.11 Å². The molecule has 2 fully saturated rings. The molecule has 0 aliphatic carbocycles. The smallest absolute Gasteiger partial charge is 0.103 e. The Bertz CT molecular complexity index is 685. The summed E-state index contributed by atoms with van der Waals surface area (Å²) in [6.07, 6.45) is 0.832. The molecule has 138 valence electrons. The lowest BCUT2D eigenvalue weighted by Crippen LogP contribution is -2.48. The highest BCUT2D eigenvalue weighted by atomic mass is 16.3. The number of anilines is 1. The monoisotopic (exact) mass is 351 g/mol. The van der Waals surface area contributed by atoms with Crippen molar-refractivity contribution in [1.29, 1.82) is 0 Å². The van der Waals surface area contributed by atoms with E-state index in [0.29, 0.717) is 0 Å². The lowest BCUT2D eigenvalue weighted by atomic mass is 9.93. The van der Waals surface area contributed by atoms with E-state index in [1.165, 1.54) is 5.69 Å². The van der Waals surface area contributed by atoms with Gasteiger partial charge in [0.05, 0.1) is 0 Å². The van der Waals surface area contributed by atoms with Gasteiger partial charge in [-0.3, -0.25) is 9.80 Å². The Balaban J connectivity index is 1.23. The highest BCUT2D eigenvalue weighted by Gasteiger charge is 2.37. The van der Waals surface area contributed by atoms with Crippen LogP contribution in [0.25, 0.3) is 0 Å². The number of β-amino-alcohol motifs (C(OH)–C–C–N with tert-alkyl or cyclic N) is 1. The van der Waals surface area contributed by atoms with Crippen molar-refractivity contribution in [2.45, 2.75) is 12.0 Å². The van der Waals surface area contributed by atoms with Gasteiger partial charge in [-0.05, 0) is 24.1 Å². The van der Waals surface area contributed by atoms with E-state index in [4.69, 9.17) is 0 Å². The van der Waals surface area contributed by atoms with Gasteiger partial charge in [0, 0.05) is 58.0 Å². The van der Waals surface area contributed by atoms with Gasteiger partial charge in [-0.2, -0.15) is 0 Å². The molecule has 26 heavy (non-hydrogen) atoms. The van der Waals surface area contributed by atoms with Gasteiger partial charge in [0.25, 0.3) is 0 Å². The zero-order chi connectivity index (χ0) is 17.8. The van der Waals surface area contributed by atoms with Crippen LogP contribution in [-0.4, -0.2) is 67.3 Å². The summed E-state index contributed by atoms with van der Waals surface area (Å²) in [4.78, 5) is 7.44. The second kappa shape index (κ2) is 7.78. The number of rotatable bonds is 5. The van der Waals surface area contributed by atoms with Crippen molar-refractivity contribution in [1.82, 2.24) is 9.80 Å². The molecule has 0 amide bonds. The SMILES string of the molecule is O[C@]1(c2ccccc2)CCN(CCN2CCN(c3ccccc3)CC2)C1. The molecule has 0 spiro atoms. The van der Waals surface area contributed by atoms with Gasteiger partial charge < -0.3 is 10.0 Å². The summed E-state index contributed by atoms with van der Waals surface area (Å²) in [7, 11) is 0. The molecule has 0 saturated carbocycles. The van der Waals surface area contributed by atoms with E-state index in [9.17, 15) is 5.11 Å². The van der Waals surface area contributed by atoms with Crippen molar-refractivity contribution in [2.24, 2.45) is 0 Å². The standard InChI is InChI=1S/C22H29N3O/c26-22(20-7-3-1-4-8-20)11-12-24(19-22)14-13-23-15-17-25(18-16-23)21-9-5-2-6-10-21/h1-10,26H,11-19H2/t22-/m1/s1. The predicted molar refractivity (Wildman–Crippen MR) is 106 cm³/mol. The van der Waals surface area contributed by atoms with Gasteiger partial charge >= 0.3 is 0 Å². The summed E-state index contributed by atoms with van der Waals surface area (Å²) >= 11 is 0. The first-order valence-electron chi connectivity index (χ1n) is 9.76. The Morgan fingerprint density at radius 3 is 2.04 bits per heavy atom. The number of hydrogen-bond donors (Lipinski definition) is 1. The van der Waals surface area contributed by atoms with Gasteiger partial charge in [-0.1, -0.05) is 48.5 Å². The second-order valence-corrected chi connectivity index (χ2v) is 7.59. The summed E-state index contributed by atoms with van der Waals surface area (Å²) in [6.45, 7) is 8.29. The first-order valence-corrected chi connectivity index (χ1v) is 9.76. The zero-order valence-corrected chi connectivity index (χ0v) is 15.4. The number of para-hydroxylation sites is 1. The van der Waals surface area contributed by atoms with Crippen molar-refractivity contribution >= 4 is 5.69 Å². The minimum absolute atomic E-state index is 0.673. The van der Waals surface area contributed by atoms with Crippen LogP contribution < -0.4 is 4.90 Å². The number of hydrogen-bond acceptors (Lipinski definition) is 4. The molecule has 1 atom stereocenters. The van der Waals surface area contributed by atoms with E-state index >= 15 is 0 Å². The lowest BCUT2D eigenvalue weighted by molar-refractivity contribution is 0.0449. The molecule has 0 radical (unpaired) electrons. The molecule has 2 heterocycles. The summed E-state index contributed by atoms with van der Waals surface area (Å²) < 4.78 is 0. The molecular formula is C22H29N3O. The Hall–Kier alpha value is -1.88. The number of nitrogens with zero attached hydrogens (tertiary/aromatic N) is 3. The maximum atomic E-state index is 11.0. The van der Waals surface area contributed by atoms with E-state index in [-0.39, 0.29) is 0 Å². The van der Waals surface area contributed by atoms with Crippen LogP contribution in [0.2, 0.25) is 0 Å². The molecule has 4 rings (SSSR count). The Kier molecular flexibility index (Phi) is 5.25. The minimum Gasteiger partial charge on any atom is -0.384 e. The van der Waals surface area contributed by atoms with Crippen LogP contribution in [0.15, 0.2) is 60.7 Å². The molecule has 2 aliphatic heterocycles. The van der Waals surface area contributed by atoms with Crippen molar-refractivity contribution in [3.05, 3.63) is 66.2 Å². The quantitative estimate of drug-likeness (QED) is 0.896. The van der Waals surface area contributed by atoms with Crippen molar-refractivity contribution in [3.8, 4) is 0 Å². The molecule has 2 aliphatic rings. The topological polar surface area (TPSA) is 30.0 Å². The number of aliphatic hydroxyl groups is 1. The Labute approximate surface area is 156 Å². The van der Waals surface area contributed by atoms with Crippen molar-refractivity contribution in [2.75, 3.05) is 57.3 Å². The van der Waals surface area contributed by atoms with E-state index in [1.807, 2.05) is 30.3 Å². The maximum absolute atomic E-state index is 11.0. The molecule has 4 nitrogen and oxygen atoms in total. The van der Waals surface area contributed by atoms with Gasteiger partial charge in [0.2, 0.25) is 0 Å². The Morgan fingerprint density at radius 1 is 0.731 bits per heavy atom. The van der Waals surface area contributed by atoms with Crippen LogP contribution in [-0.2, 0) is 5.60 Å². The normalized spacial score (nSPS) is 24.9. The number of piperazine rings is 1. The van der Waals surface area contributed by atoms with Crippen molar-refractivity contribution in [3.63, 3.8) is 0 Å². The van der Waals surface area contributed by atoms with Crippen LogP contribution in [0.1, 0.15) is 12.0 Å². The van der Waals surface area contributed by atoms with Gasteiger partial charge in [0.1, 0.15) is 5.60 Å². The Morgan fingerprint density at radius 2 is 1.35 bits per heavy atom. The summed E-state index contributed by atoms with van der Waals surface area (Å²) in [6, 6.07) is 20.8. The maximum Gasteiger partial charge on any atom is 0.103 e. The molecule has 0 bridgehead atoms. The average molecular weight is 351 g/mol. The zero-order valence-electron chi connectivity index (χ0n) is 15.4. The summed E-state index contributed by atoms with van der Waals surface area (Å²) in [5.41, 5.74) is 1.71. The van der Waals surface area contributed by atoms with E-state index in [2.05, 4.69) is 45.0 Å². The van der Waals surface area contributed by atoms with Crippen LogP contribution in [0.5, 0.6) is 0 Å². The lowest BCUT2D eigenvalue weighted by Gasteiger charge is -2.36. The molecule has 0 aromatic heterocycles. The molecular weight excluding hydrogens is 322 g/mol. The molecule has 2 saturated heterocycles. The minimum atomic E-state index is -0.673. The molecule has 1 N–H and O–H groups in total. The van der Waals surface area contributed by atoms with Gasteiger partial charge in [0.15, 0.2) is 0 Å². The highest BCUT2D eigenvalue weighted by Crippen LogP contribution is 2.31. The predicted octanol–water partition coefficient (Wildman–Crippen LogP) is 2.40. The number of likely N-dealkylation sites (tertiary alicyclic amines) is 1. The molecule has 0 unspecified atom stereocenters. The molecule has 2 aromatic carbocycles. The van der Waals surface area contributed by atoms with E-state index in [1.54, 1.807) is 0 Å². The third-order valence-electron chi connectivity index (χ3n) is 5.86. The van der Waals surface area contributed by atoms with E-state index in [0.717, 1.165) is 64.3 Å². The van der Waals surface area contributed by atoms with Crippen LogP contribution in [0.4, 0.5) is 5.69 Å². The largest absolute Gasteiger partial charge is 0.384 e. The van der Waals surface area contributed by atoms with Gasteiger partial charge in [-0.15, -0.1) is 0 Å². The number of benzene rings is 2. The summed E-state index contributed by atoms with van der Waals surface area (Å²) in [5.74, 6) is 0. The first kappa shape index (κ1) is 17.5. The molecule has 2 aromatic rings. The van der Waals surface area contributed by atoms with Crippen LogP contribution in [0, 0.1) is 0 Å². The summed E-state index contributed by atoms with van der Waals surface area (Å²) in [5, 5.41) is 11.0. The fourth-order valence-electron chi connectivity index (χ4n) is 4.20. The highest BCUT2D eigenvalue weighted by molar-refractivity contribution is 5.46. The fraction of sp³-hybridized carbons (Fsp3) is 0.455. The molecule has 4 heteroatoms. The second-order valence-electron chi connectivity index (χ2n) is 7.59. The first-order chi connectivity index (χ1) is 12.7. The van der Waals surface area contributed by atoms with Crippen LogP contribution in [0.3, 0.4) is 0 Å². The van der Waals surface area contributed by atoms with Gasteiger partial charge in [-0.25, -0.2) is 0 Å². The van der Waals surface area contributed by atoms with Crippen LogP contribution >= 0.6 is 0 Å². The third kappa shape index (κ3) is 3.93. The fourth-order valence-corrected chi connectivity index (χ4v) is 4.20. The third-order valence-corrected chi connectivity index (χ3v) is 5.86.